The zero-order valence-electron chi connectivity index (χ0n) is 17.6. The average Bonchev–Trinajstić information content (AvgIpc) is 3.28. The fourth-order valence-electron chi connectivity index (χ4n) is 3.17. The highest BCUT2D eigenvalue weighted by molar-refractivity contribution is 6.39. The van der Waals surface area contributed by atoms with Gasteiger partial charge in [-0.2, -0.15) is 0 Å². The first-order chi connectivity index (χ1) is 15.9. The standard InChI is InChI=1S/C22H18N2O9/c1-29-17-8-12(3-5-15(17)31-10-19(25)30-2)7-14-20(26)23-22(28)24(21(14)27)13-4-6-16-18(9-13)33-11-32-16/h3-9H,10-11H2,1-2H3,(H,23,26,28)/b14-7+. The zero-order chi connectivity index (χ0) is 23.5. The highest BCUT2D eigenvalue weighted by atomic mass is 16.7. The molecule has 2 heterocycles. The van der Waals surface area contributed by atoms with Gasteiger partial charge in [-0.05, 0) is 35.9 Å². The van der Waals surface area contributed by atoms with Gasteiger partial charge < -0.3 is 23.7 Å². The number of amides is 4. The van der Waals surface area contributed by atoms with E-state index < -0.39 is 23.8 Å². The number of urea groups is 1. The number of nitrogens with one attached hydrogen (secondary N) is 1. The summed E-state index contributed by atoms with van der Waals surface area (Å²) in [7, 11) is 2.64. The molecule has 2 aliphatic heterocycles. The average molecular weight is 454 g/mol. The molecule has 1 saturated heterocycles. The van der Waals surface area contributed by atoms with Crippen molar-refractivity contribution in [1.82, 2.24) is 5.32 Å². The maximum absolute atomic E-state index is 13.1. The van der Waals surface area contributed by atoms with Crippen molar-refractivity contribution >= 4 is 35.6 Å². The van der Waals surface area contributed by atoms with E-state index in [1.54, 1.807) is 12.1 Å². The van der Waals surface area contributed by atoms with Crippen LogP contribution in [0.3, 0.4) is 0 Å². The number of methoxy groups -OCH3 is 2. The molecular weight excluding hydrogens is 436 g/mol. The maximum atomic E-state index is 13.1. The molecule has 1 fully saturated rings. The fourth-order valence-corrected chi connectivity index (χ4v) is 3.17. The zero-order valence-corrected chi connectivity index (χ0v) is 17.6. The van der Waals surface area contributed by atoms with Crippen LogP contribution in [-0.2, 0) is 19.1 Å². The molecule has 170 valence electrons. The second-order valence-electron chi connectivity index (χ2n) is 6.77. The van der Waals surface area contributed by atoms with E-state index in [0.717, 1.165) is 4.90 Å². The number of esters is 1. The largest absolute Gasteiger partial charge is 0.493 e. The van der Waals surface area contributed by atoms with Crippen molar-refractivity contribution in [3.05, 3.63) is 47.5 Å². The summed E-state index contributed by atoms with van der Waals surface area (Å²) in [5, 5.41) is 2.16. The minimum absolute atomic E-state index is 0.0315. The van der Waals surface area contributed by atoms with Crippen molar-refractivity contribution in [2.24, 2.45) is 0 Å². The molecule has 11 nitrogen and oxygen atoms in total. The van der Waals surface area contributed by atoms with E-state index in [9.17, 15) is 19.2 Å². The van der Waals surface area contributed by atoms with Gasteiger partial charge in [-0.25, -0.2) is 14.5 Å². The van der Waals surface area contributed by atoms with Crippen molar-refractivity contribution in [2.45, 2.75) is 0 Å². The Balaban J connectivity index is 1.62. The van der Waals surface area contributed by atoms with Crippen molar-refractivity contribution < 1.29 is 42.9 Å². The molecule has 4 amide bonds. The van der Waals surface area contributed by atoms with Gasteiger partial charge in [0.2, 0.25) is 6.79 Å². The van der Waals surface area contributed by atoms with E-state index in [0.29, 0.717) is 17.1 Å². The van der Waals surface area contributed by atoms with Gasteiger partial charge in [0.15, 0.2) is 29.6 Å². The second-order valence-corrected chi connectivity index (χ2v) is 6.77. The Morgan fingerprint density at radius 1 is 1.06 bits per heavy atom. The molecule has 0 bridgehead atoms. The Morgan fingerprint density at radius 2 is 1.85 bits per heavy atom. The Hall–Kier alpha value is -4.54. The minimum atomic E-state index is -0.884. The Bertz CT molecular complexity index is 1190. The number of carbonyl (C=O) groups excluding carboxylic acids is 4. The van der Waals surface area contributed by atoms with E-state index in [1.807, 2.05) is 0 Å². The summed E-state index contributed by atoms with van der Waals surface area (Å²) in [5.41, 5.74) is 0.373. The molecule has 2 aromatic rings. The molecule has 33 heavy (non-hydrogen) atoms. The lowest BCUT2D eigenvalue weighted by Gasteiger charge is -2.26. The van der Waals surface area contributed by atoms with Crippen LogP contribution >= 0.6 is 0 Å². The first kappa shape index (κ1) is 21.7. The SMILES string of the molecule is COC(=O)COc1ccc(/C=C2\C(=O)NC(=O)N(c3ccc4c(c3)OCO4)C2=O)cc1OC. The van der Waals surface area contributed by atoms with Crippen molar-refractivity contribution in [3.8, 4) is 23.0 Å². The number of benzene rings is 2. The van der Waals surface area contributed by atoms with Crippen LogP contribution in [0.25, 0.3) is 6.08 Å². The number of rotatable bonds is 6. The van der Waals surface area contributed by atoms with Crippen molar-refractivity contribution in [2.75, 3.05) is 32.5 Å². The van der Waals surface area contributed by atoms with Crippen molar-refractivity contribution in [1.29, 1.82) is 0 Å². The number of hydrogen-bond acceptors (Lipinski definition) is 9. The molecule has 1 N–H and O–H groups in total. The molecule has 0 spiro atoms. The molecule has 2 aliphatic rings. The predicted octanol–water partition coefficient (Wildman–Crippen LogP) is 1.64. The summed E-state index contributed by atoms with van der Waals surface area (Å²) < 4.78 is 25.7. The van der Waals surface area contributed by atoms with Crippen LogP contribution in [0.15, 0.2) is 42.0 Å². The molecule has 0 atom stereocenters. The molecular formula is C22H18N2O9. The third kappa shape index (κ3) is 4.28. The maximum Gasteiger partial charge on any atom is 0.343 e. The van der Waals surface area contributed by atoms with Crippen LogP contribution in [0, 0.1) is 0 Å². The lowest BCUT2D eigenvalue weighted by Crippen LogP contribution is -2.54. The van der Waals surface area contributed by atoms with Crippen LogP contribution in [0.1, 0.15) is 5.56 Å². The van der Waals surface area contributed by atoms with Gasteiger partial charge in [-0.15, -0.1) is 0 Å². The summed E-state index contributed by atoms with van der Waals surface area (Å²) >= 11 is 0. The number of hydrogen-bond donors (Lipinski definition) is 1. The summed E-state index contributed by atoms with van der Waals surface area (Å²) in [6, 6.07) is 8.25. The summed E-state index contributed by atoms with van der Waals surface area (Å²) in [6.07, 6.45) is 1.32. The Labute approximate surface area is 187 Å². The molecule has 11 heteroatoms. The molecule has 0 radical (unpaired) electrons. The summed E-state index contributed by atoms with van der Waals surface area (Å²) in [6.45, 7) is -0.287. The Kier molecular flexibility index (Phi) is 5.85. The molecule has 0 aromatic heterocycles. The summed E-state index contributed by atoms with van der Waals surface area (Å²) in [5.74, 6) is -0.831. The van der Waals surface area contributed by atoms with E-state index in [-0.39, 0.29) is 36.2 Å². The Morgan fingerprint density at radius 3 is 2.61 bits per heavy atom. The topological polar surface area (TPSA) is 130 Å². The lowest BCUT2D eigenvalue weighted by molar-refractivity contribution is -0.143. The number of imide groups is 2. The van der Waals surface area contributed by atoms with Gasteiger partial charge in [0.25, 0.3) is 11.8 Å². The fraction of sp³-hybridized carbons (Fsp3) is 0.182. The molecule has 2 aromatic carbocycles. The third-order valence-electron chi connectivity index (χ3n) is 4.79. The van der Waals surface area contributed by atoms with Gasteiger partial charge in [0.1, 0.15) is 5.57 Å². The van der Waals surface area contributed by atoms with Gasteiger partial charge in [0, 0.05) is 6.07 Å². The molecule has 4 rings (SSSR count). The number of barbiturate groups is 1. The van der Waals surface area contributed by atoms with E-state index >= 15 is 0 Å². The van der Waals surface area contributed by atoms with E-state index in [1.165, 1.54) is 44.6 Å². The summed E-state index contributed by atoms with van der Waals surface area (Å²) in [4.78, 5) is 50.0. The van der Waals surface area contributed by atoms with Gasteiger partial charge in [-0.3, -0.25) is 14.9 Å². The first-order valence-corrected chi connectivity index (χ1v) is 9.60. The normalized spacial score (nSPS) is 16.0. The highest BCUT2D eigenvalue weighted by Crippen LogP contribution is 2.36. The third-order valence-corrected chi connectivity index (χ3v) is 4.79. The minimum Gasteiger partial charge on any atom is -0.493 e. The van der Waals surface area contributed by atoms with E-state index in [4.69, 9.17) is 18.9 Å². The predicted molar refractivity (Wildman–Crippen MR) is 112 cm³/mol. The number of nitrogens with zero attached hydrogens (tertiary/aromatic N) is 1. The van der Waals surface area contributed by atoms with Crippen LogP contribution in [0.2, 0.25) is 0 Å². The van der Waals surface area contributed by atoms with Crippen LogP contribution < -0.4 is 29.2 Å². The molecule has 0 unspecified atom stereocenters. The monoisotopic (exact) mass is 454 g/mol. The van der Waals surface area contributed by atoms with Crippen molar-refractivity contribution in [3.63, 3.8) is 0 Å². The molecule has 0 saturated carbocycles. The van der Waals surface area contributed by atoms with Crippen LogP contribution in [0.4, 0.5) is 10.5 Å². The lowest BCUT2D eigenvalue weighted by atomic mass is 10.1. The van der Waals surface area contributed by atoms with Gasteiger partial charge >= 0.3 is 12.0 Å². The highest BCUT2D eigenvalue weighted by Gasteiger charge is 2.37. The molecule has 0 aliphatic carbocycles. The number of carbonyl (C=O) groups is 4. The first-order valence-electron chi connectivity index (χ1n) is 9.60. The number of anilines is 1. The smallest absolute Gasteiger partial charge is 0.343 e. The van der Waals surface area contributed by atoms with Gasteiger partial charge in [0.05, 0.1) is 19.9 Å². The number of fused-ring (bicyclic) bond motifs is 1. The van der Waals surface area contributed by atoms with Crippen LogP contribution in [0.5, 0.6) is 23.0 Å². The van der Waals surface area contributed by atoms with Crippen LogP contribution in [-0.4, -0.2) is 51.4 Å². The number of ether oxygens (including phenoxy) is 5. The second kappa shape index (κ2) is 8.91. The quantitative estimate of drug-likeness (QED) is 0.393. The van der Waals surface area contributed by atoms with Gasteiger partial charge in [-0.1, -0.05) is 6.07 Å². The van der Waals surface area contributed by atoms with E-state index in [2.05, 4.69) is 10.1 Å².